The minimum atomic E-state index is -1.52. The molecular weight excluding hydrogens is 266 g/mol. The number of piperidine rings is 1. The molecule has 3 nitrogen and oxygen atoms in total. The molecule has 0 radical (unpaired) electrons. The molecule has 4 heteroatoms. The number of allylic oxidation sites excluding steroid dienone is 2. The summed E-state index contributed by atoms with van der Waals surface area (Å²) < 4.78 is 0. The van der Waals surface area contributed by atoms with Crippen molar-refractivity contribution in [3.05, 3.63) is 12.2 Å². The number of hydrogen-bond donors (Lipinski definition) is 1. The van der Waals surface area contributed by atoms with Gasteiger partial charge in [0, 0.05) is 37.5 Å². The van der Waals surface area contributed by atoms with Crippen LogP contribution in [0.3, 0.4) is 0 Å². The van der Waals surface area contributed by atoms with Crippen LogP contribution in [0.1, 0.15) is 6.42 Å². The van der Waals surface area contributed by atoms with E-state index in [0.29, 0.717) is 0 Å². The van der Waals surface area contributed by atoms with Crippen molar-refractivity contribution in [2.24, 2.45) is 23.2 Å². The van der Waals surface area contributed by atoms with Gasteiger partial charge in [-0.3, -0.25) is 4.79 Å². The van der Waals surface area contributed by atoms with Gasteiger partial charge in [0.25, 0.3) is 0 Å². The summed E-state index contributed by atoms with van der Waals surface area (Å²) in [6.45, 7) is 6.77. The van der Waals surface area contributed by atoms with E-state index in [2.05, 4.69) is 43.3 Å². The zero-order valence-electron chi connectivity index (χ0n) is 12.7. The van der Waals surface area contributed by atoms with Gasteiger partial charge in [-0.15, -0.1) is 5.54 Å². The standard InChI is InChI=1S/C16H23NO2Si/c1-17-14-11(10-18)12-6-5-7-13(14)16(12,15(17)19)8-9-20(2,3)4/h5-6,11-14,18H,7,10H2,1-4H3/t11-,12+,13-,14-,16-/m0/s1. The third-order valence-corrected chi connectivity index (χ3v) is 6.01. The van der Waals surface area contributed by atoms with Gasteiger partial charge in [0.15, 0.2) is 0 Å². The van der Waals surface area contributed by atoms with Crippen LogP contribution >= 0.6 is 0 Å². The Kier molecular flexibility index (Phi) is 2.93. The summed E-state index contributed by atoms with van der Waals surface area (Å²) in [5.41, 5.74) is 2.88. The van der Waals surface area contributed by atoms with E-state index in [4.69, 9.17) is 0 Å². The highest BCUT2D eigenvalue weighted by Crippen LogP contribution is 2.62. The van der Waals surface area contributed by atoms with Crippen molar-refractivity contribution >= 4 is 14.0 Å². The largest absolute Gasteiger partial charge is 0.396 e. The maximum atomic E-state index is 12.8. The van der Waals surface area contributed by atoms with Gasteiger partial charge in [-0.25, -0.2) is 0 Å². The van der Waals surface area contributed by atoms with Crippen LogP contribution in [0, 0.1) is 34.6 Å². The van der Waals surface area contributed by atoms with Gasteiger partial charge in [0.2, 0.25) is 5.91 Å². The van der Waals surface area contributed by atoms with E-state index in [1.807, 2.05) is 11.9 Å². The lowest BCUT2D eigenvalue weighted by Gasteiger charge is -2.38. The second kappa shape index (κ2) is 4.22. The Labute approximate surface area is 122 Å². The molecule has 0 aromatic heterocycles. The zero-order chi connectivity index (χ0) is 14.7. The first-order valence-electron chi connectivity index (χ1n) is 7.42. The molecule has 108 valence electrons. The van der Waals surface area contributed by atoms with Gasteiger partial charge in [0.05, 0.1) is 0 Å². The second-order valence-corrected chi connectivity index (χ2v) is 12.2. The molecule has 1 aliphatic heterocycles. The van der Waals surface area contributed by atoms with Crippen molar-refractivity contribution in [1.29, 1.82) is 0 Å². The van der Waals surface area contributed by atoms with E-state index >= 15 is 0 Å². The maximum Gasteiger partial charge on any atom is 0.241 e. The van der Waals surface area contributed by atoms with E-state index in [9.17, 15) is 9.90 Å². The molecule has 1 saturated heterocycles. The maximum absolute atomic E-state index is 12.8. The second-order valence-electron chi connectivity index (χ2n) is 7.42. The number of aliphatic hydroxyl groups excluding tert-OH is 1. The molecule has 4 bridgehead atoms. The third kappa shape index (κ3) is 1.60. The first-order chi connectivity index (χ1) is 9.33. The van der Waals surface area contributed by atoms with Crippen LogP contribution in [0.4, 0.5) is 0 Å². The summed E-state index contributed by atoms with van der Waals surface area (Å²) in [6, 6.07) is 0.156. The number of likely N-dealkylation sites (tertiary alicyclic amines) is 1. The fourth-order valence-corrected chi connectivity index (χ4v) is 4.97. The van der Waals surface area contributed by atoms with Gasteiger partial charge >= 0.3 is 0 Å². The Morgan fingerprint density at radius 2 is 2.20 bits per heavy atom. The van der Waals surface area contributed by atoms with E-state index in [1.54, 1.807) is 0 Å². The van der Waals surface area contributed by atoms with Crippen molar-refractivity contribution in [1.82, 2.24) is 4.90 Å². The van der Waals surface area contributed by atoms with Crippen molar-refractivity contribution in [2.45, 2.75) is 32.1 Å². The van der Waals surface area contributed by atoms with Crippen LogP contribution in [-0.4, -0.2) is 43.7 Å². The van der Waals surface area contributed by atoms with Crippen LogP contribution < -0.4 is 0 Å². The number of amides is 1. The molecule has 3 aliphatic rings. The first kappa shape index (κ1) is 13.9. The first-order valence-corrected chi connectivity index (χ1v) is 10.9. The molecule has 5 atom stereocenters. The summed E-state index contributed by atoms with van der Waals surface area (Å²) in [5, 5.41) is 9.77. The van der Waals surface area contributed by atoms with Gasteiger partial charge in [-0.2, -0.15) is 0 Å². The van der Waals surface area contributed by atoms with E-state index in [1.165, 1.54) is 0 Å². The molecule has 3 rings (SSSR count). The summed E-state index contributed by atoms with van der Waals surface area (Å²) in [7, 11) is 0.357. The molecule has 0 spiro atoms. The van der Waals surface area contributed by atoms with Crippen LogP contribution in [-0.2, 0) is 4.79 Å². The highest BCUT2D eigenvalue weighted by Gasteiger charge is 2.70. The smallest absolute Gasteiger partial charge is 0.241 e. The number of rotatable bonds is 1. The molecular formula is C16H23NO2Si. The molecule has 20 heavy (non-hydrogen) atoms. The fraction of sp³-hybridized carbons (Fsp3) is 0.688. The molecule has 0 aromatic rings. The lowest BCUT2D eigenvalue weighted by atomic mass is 9.68. The average Bonchev–Trinajstić information content (AvgIpc) is 2.66. The Morgan fingerprint density at radius 1 is 1.50 bits per heavy atom. The van der Waals surface area contributed by atoms with Gasteiger partial charge in [-0.1, -0.05) is 37.7 Å². The monoisotopic (exact) mass is 289 g/mol. The Morgan fingerprint density at radius 3 is 2.80 bits per heavy atom. The van der Waals surface area contributed by atoms with Crippen molar-refractivity contribution in [2.75, 3.05) is 13.7 Å². The molecule has 1 heterocycles. The van der Waals surface area contributed by atoms with Crippen molar-refractivity contribution in [3.8, 4) is 11.5 Å². The molecule has 2 aliphatic carbocycles. The Hall–Kier alpha value is -1.05. The topological polar surface area (TPSA) is 40.5 Å². The minimum Gasteiger partial charge on any atom is -0.396 e. The highest BCUT2D eigenvalue weighted by atomic mass is 28.3. The summed E-state index contributed by atoms with van der Waals surface area (Å²) in [4.78, 5) is 14.7. The molecule has 0 aromatic carbocycles. The number of carbonyl (C=O) groups is 1. The number of carbonyl (C=O) groups excluding carboxylic acids is 1. The molecule has 1 amide bonds. The number of hydrogen-bond acceptors (Lipinski definition) is 2. The molecule has 0 unspecified atom stereocenters. The minimum absolute atomic E-state index is 0.101. The van der Waals surface area contributed by atoms with E-state index in [0.717, 1.165) is 6.42 Å². The SMILES string of the molecule is CN1C(=O)[C@@]2(C#C[Si](C)(C)C)[C@@H]3C=CC[C@H]2[C@@H]1[C@H]3CO. The predicted molar refractivity (Wildman–Crippen MR) is 81.4 cm³/mol. The number of aliphatic hydroxyl groups is 1. The summed E-state index contributed by atoms with van der Waals surface area (Å²) in [6.07, 6.45) is 5.23. The summed E-state index contributed by atoms with van der Waals surface area (Å²) >= 11 is 0. The van der Waals surface area contributed by atoms with Crippen LogP contribution in [0.5, 0.6) is 0 Å². The fourth-order valence-electron chi connectivity index (χ4n) is 4.38. The van der Waals surface area contributed by atoms with Crippen LogP contribution in [0.2, 0.25) is 19.6 Å². The van der Waals surface area contributed by atoms with Crippen molar-refractivity contribution < 1.29 is 9.90 Å². The van der Waals surface area contributed by atoms with Crippen LogP contribution in [0.25, 0.3) is 0 Å². The van der Waals surface area contributed by atoms with E-state index < -0.39 is 13.5 Å². The van der Waals surface area contributed by atoms with Gasteiger partial charge < -0.3 is 10.0 Å². The Bertz CT molecular complexity index is 539. The quantitative estimate of drug-likeness (QED) is 0.451. The molecule has 1 N–H and O–H groups in total. The number of nitrogens with zero attached hydrogens (tertiary/aromatic N) is 1. The van der Waals surface area contributed by atoms with Crippen LogP contribution in [0.15, 0.2) is 12.2 Å². The van der Waals surface area contributed by atoms with Gasteiger partial charge in [0.1, 0.15) is 13.5 Å². The molecule has 2 fully saturated rings. The lowest BCUT2D eigenvalue weighted by molar-refractivity contribution is -0.140. The van der Waals surface area contributed by atoms with E-state index in [-0.39, 0.29) is 36.3 Å². The highest BCUT2D eigenvalue weighted by molar-refractivity contribution is 6.83. The lowest BCUT2D eigenvalue weighted by Crippen LogP contribution is -2.49. The zero-order valence-corrected chi connectivity index (χ0v) is 13.7. The third-order valence-electron chi connectivity index (χ3n) is 5.13. The van der Waals surface area contributed by atoms with Crippen molar-refractivity contribution in [3.63, 3.8) is 0 Å². The average molecular weight is 289 g/mol. The molecule has 1 saturated carbocycles. The van der Waals surface area contributed by atoms with Gasteiger partial charge in [-0.05, 0) is 6.42 Å². The predicted octanol–water partition coefficient (Wildman–Crippen LogP) is 1.51. The Balaban J connectivity index is 2.13. The normalized spacial score (nSPS) is 41.9. The summed E-state index contributed by atoms with van der Waals surface area (Å²) in [5.74, 6) is 4.12.